The van der Waals surface area contributed by atoms with Crippen LogP contribution in [0.5, 0.6) is 0 Å². The highest BCUT2D eigenvalue weighted by atomic mass is 14.8. The van der Waals surface area contributed by atoms with Gasteiger partial charge in [-0.2, -0.15) is 0 Å². The molecule has 0 radical (unpaired) electrons. The SMILES string of the molecule is CC1(C)c2ccccc2-c2ccc(-c3cc(-c4ccc5c(n4)-c4ccccc4C5(C)C)cc(-c4ccc5c(n4)-c4ccccc4C5(C)C)c3)cc21. The van der Waals surface area contributed by atoms with Gasteiger partial charge in [-0.3, -0.25) is 0 Å². The quantitative estimate of drug-likeness (QED) is 0.189. The molecule has 0 amide bonds. The number of benzene rings is 5. The summed E-state index contributed by atoms with van der Waals surface area (Å²) < 4.78 is 0. The van der Waals surface area contributed by atoms with Crippen LogP contribution in [-0.2, 0) is 16.2 Å². The molecule has 3 aliphatic rings. The number of fused-ring (bicyclic) bond motifs is 9. The van der Waals surface area contributed by atoms with Crippen molar-refractivity contribution in [2.75, 3.05) is 0 Å². The molecule has 246 valence electrons. The summed E-state index contributed by atoms with van der Waals surface area (Å²) in [6.07, 6.45) is 0. The molecule has 7 aromatic rings. The normalized spacial score (nSPS) is 16.1. The van der Waals surface area contributed by atoms with Crippen LogP contribution in [0.3, 0.4) is 0 Å². The molecule has 0 unspecified atom stereocenters. The van der Waals surface area contributed by atoms with E-state index < -0.39 is 0 Å². The van der Waals surface area contributed by atoms with E-state index >= 15 is 0 Å². The highest BCUT2D eigenvalue weighted by molar-refractivity contribution is 5.87. The number of hydrogen-bond acceptors (Lipinski definition) is 2. The summed E-state index contributed by atoms with van der Waals surface area (Å²) in [5.74, 6) is 0. The van der Waals surface area contributed by atoms with E-state index in [0.717, 1.165) is 33.9 Å². The molecule has 0 saturated carbocycles. The standard InChI is InChI=1S/C49H40N2/c1-47(2)38-17-11-8-14-35(38)45-40(47)21-23-43(50-45)31-25-30(29-19-20-34-33-13-7-10-16-37(33)49(5,6)42(34)28-29)26-32(27-31)44-24-22-41-46(51-44)36-15-9-12-18-39(36)48(41,3)4/h7-28H,1-6H3. The van der Waals surface area contributed by atoms with Gasteiger partial charge >= 0.3 is 0 Å². The topological polar surface area (TPSA) is 25.8 Å². The largest absolute Gasteiger partial charge is 0.247 e. The lowest BCUT2D eigenvalue weighted by molar-refractivity contribution is 0.659. The highest BCUT2D eigenvalue weighted by Crippen LogP contribution is 2.52. The Bertz CT molecular complexity index is 2490. The molecule has 2 heterocycles. The summed E-state index contributed by atoms with van der Waals surface area (Å²) in [6.45, 7) is 13.9. The van der Waals surface area contributed by atoms with E-state index in [-0.39, 0.29) is 16.2 Å². The van der Waals surface area contributed by atoms with Crippen molar-refractivity contribution in [1.82, 2.24) is 9.97 Å². The lowest BCUT2D eigenvalue weighted by Gasteiger charge is -2.22. The van der Waals surface area contributed by atoms with E-state index in [1.54, 1.807) is 0 Å². The molecule has 0 fully saturated rings. The molecule has 3 aliphatic carbocycles. The minimum Gasteiger partial charge on any atom is -0.247 e. The van der Waals surface area contributed by atoms with Crippen molar-refractivity contribution in [3.8, 4) is 67.3 Å². The summed E-state index contributed by atoms with van der Waals surface area (Å²) >= 11 is 0. The summed E-state index contributed by atoms with van der Waals surface area (Å²) in [5.41, 5.74) is 21.6. The number of aromatic nitrogens is 2. The summed E-state index contributed by atoms with van der Waals surface area (Å²) in [6, 6.07) is 49.4. The van der Waals surface area contributed by atoms with Crippen molar-refractivity contribution >= 4 is 0 Å². The monoisotopic (exact) mass is 656 g/mol. The maximum absolute atomic E-state index is 5.42. The molecule has 0 N–H and O–H groups in total. The zero-order valence-electron chi connectivity index (χ0n) is 30.1. The van der Waals surface area contributed by atoms with Crippen LogP contribution >= 0.6 is 0 Å². The maximum atomic E-state index is 5.42. The molecule has 0 saturated heterocycles. The van der Waals surface area contributed by atoms with Crippen molar-refractivity contribution in [3.05, 3.63) is 167 Å². The van der Waals surface area contributed by atoms with Gasteiger partial charge in [0, 0.05) is 38.5 Å². The molecule has 0 spiro atoms. The van der Waals surface area contributed by atoms with Crippen LogP contribution < -0.4 is 0 Å². The van der Waals surface area contributed by atoms with E-state index in [9.17, 15) is 0 Å². The third-order valence-electron chi connectivity index (χ3n) is 12.3. The van der Waals surface area contributed by atoms with Gasteiger partial charge in [-0.25, -0.2) is 9.97 Å². The van der Waals surface area contributed by atoms with E-state index in [1.807, 2.05) is 0 Å². The Morgan fingerprint density at radius 1 is 0.314 bits per heavy atom. The Morgan fingerprint density at radius 3 is 1.25 bits per heavy atom. The van der Waals surface area contributed by atoms with Crippen molar-refractivity contribution in [1.29, 1.82) is 0 Å². The van der Waals surface area contributed by atoms with Crippen molar-refractivity contribution in [3.63, 3.8) is 0 Å². The van der Waals surface area contributed by atoms with E-state index in [0.29, 0.717) is 0 Å². The second-order valence-electron chi connectivity index (χ2n) is 16.3. The predicted octanol–water partition coefficient (Wildman–Crippen LogP) is 12.4. The fourth-order valence-electron chi connectivity index (χ4n) is 9.39. The molecule has 0 atom stereocenters. The number of hydrogen-bond donors (Lipinski definition) is 0. The first-order valence-electron chi connectivity index (χ1n) is 18.2. The Balaban J connectivity index is 1.17. The zero-order valence-corrected chi connectivity index (χ0v) is 30.1. The van der Waals surface area contributed by atoms with Crippen molar-refractivity contribution in [2.45, 2.75) is 57.8 Å². The van der Waals surface area contributed by atoms with Gasteiger partial charge in [0.25, 0.3) is 0 Å². The highest BCUT2D eigenvalue weighted by Gasteiger charge is 2.38. The van der Waals surface area contributed by atoms with Crippen LogP contribution in [0.4, 0.5) is 0 Å². The smallest absolute Gasteiger partial charge is 0.0753 e. The second-order valence-corrected chi connectivity index (χ2v) is 16.3. The molecule has 0 aliphatic heterocycles. The van der Waals surface area contributed by atoms with Crippen LogP contribution in [0, 0.1) is 0 Å². The maximum Gasteiger partial charge on any atom is 0.0753 e. The van der Waals surface area contributed by atoms with Gasteiger partial charge in [-0.05, 0) is 92.0 Å². The Labute approximate surface area is 300 Å². The average molecular weight is 657 g/mol. The van der Waals surface area contributed by atoms with Crippen LogP contribution in [0.1, 0.15) is 74.9 Å². The first-order valence-corrected chi connectivity index (χ1v) is 18.2. The molecule has 5 aromatic carbocycles. The third-order valence-corrected chi connectivity index (χ3v) is 12.3. The lowest BCUT2D eigenvalue weighted by Crippen LogP contribution is -2.15. The van der Waals surface area contributed by atoms with E-state index in [4.69, 9.17) is 9.97 Å². The first-order chi connectivity index (χ1) is 24.5. The van der Waals surface area contributed by atoms with Gasteiger partial charge in [0.2, 0.25) is 0 Å². The van der Waals surface area contributed by atoms with Gasteiger partial charge in [0.15, 0.2) is 0 Å². The lowest BCUT2D eigenvalue weighted by atomic mass is 9.81. The summed E-state index contributed by atoms with van der Waals surface area (Å²) in [7, 11) is 0. The zero-order chi connectivity index (χ0) is 34.9. The Morgan fingerprint density at radius 2 is 0.725 bits per heavy atom. The van der Waals surface area contributed by atoms with Gasteiger partial charge in [-0.1, -0.05) is 139 Å². The van der Waals surface area contributed by atoms with E-state index in [2.05, 4.69) is 175 Å². The summed E-state index contributed by atoms with van der Waals surface area (Å²) in [5, 5.41) is 0. The summed E-state index contributed by atoms with van der Waals surface area (Å²) in [4.78, 5) is 10.8. The van der Waals surface area contributed by atoms with Gasteiger partial charge in [-0.15, -0.1) is 0 Å². The fraction of sp³-hybridized carbons (Fsp3) is 0.184. The Kier molecular flexibility index (Phi) is 6.07. The molecule has 2 aromatic heterocycles. The molecule has 51 heavy (non-hydrogen) atoms. The van der Waals surface area contributed by atoms with Crippen LogP contribution in [0.25, 0.3) is 67.3 Å². The minimum absolute atomic E-state index is 0.0775. The molecule has 0 bridgehead atoms. The van der Waals surface area contributed by atoms with Crippen molar-refractivity contribution < 1.29 is 0 Å². The fourth-order valence-corrected chi connectivity index (χ4v) is 9.39. The minimum atomic E-state index is -0.0856. The molecular formula is C49H40N2. The van der Waals surface area contributed by atoms with E-state index in [1.165, 1.54) is 66.8 Å². The van der Waals surface area contributed by atoms with Gasteiger partial charge in [0.1, 0.15) is 0 Å². The average Bonchev–Trinajstić information content (AvgIpc) is 3.64. The van der Waals surface area contributed by atoms with Crippen molar-refractivity contribution in [2.24, 2.45) is 0 Å². The Hall–Kier alpha value is -5.60. The molecule has 2 heteroatoms. The number of nitrogens with zero attached hydrogens (tertiary/aromatic N) is 2. The number of pyridine rings is 2. The van der Waals surface area contributed by atoms with Gasteiger partial charge < -0.3 is 0 Å². The van der Waals surface area contributed by atoms with Crippen LogP contribution in [0.15, 0.2) is 133 Å². The van der Waals surface area contributed by atoms with Gasteiger partial charge in [0.05, 0.1) is 22.8 Å². The second kappa shape index (κ2) is 10.2. The predicted molar refractivity (Wildman–Crippen MR) is 211 cm³/mol. The third kappa shape index (κ3) is 4.17. The van der Waals surface area contributed by atoms with Crippen LogP contribution in [-0.4, -0.2) is 9.97 Å². The molecular weight excluding hydrogens is 617 g/mol. The van der Waals surface area contributed by atoms with Crippen LogP contribution in [0.2, 0.25) is 0 Å². The number of rotatable bonds is 3. The first kappa shape index (κ1) is 30.2. The molecule has 2 nitrogen and oxygen atoms in total. The molecule has 10 rings (SSSR count).